The third-order valence-corrected chi connectivity index (χ3v) is 5.59. The Morgan fingerprint density at radius 2 is 1.80 bits per heavy atom. The van der Waals surface area contributed by atoms with Gasteiger partial charge in [0.05, 0.1) is 5.75 Å². The van der Waals surface area contributed by atoms with Crippen molar-refractivity contribution in [1.82, 2.24) is 4.31 Å². The van der Waals surface area contributed by atoms with E-state index in [2.05, 4.69) is 13.8 Å². The average molecular weight is 296 g/mol. The number of sulfonamides is 1. The molecule has 0 aliphatic carbocycles. The Kier molecular flexibility index (Phi) is 4.83. The molecule has 20 heavy (non-hydrogen) atoms. The van der Waals surface area contributed by atoms with Crippen molar-refractivity contribution in [2.75, 3.05) is 13.1 Å². The molecular formula is C15H24N2O2S. The number of nitrogens with zero attached hydrogens (tertiary/aromatic N) is 1. The van der Waals surface area contributed by atoms with Crippen LogP contribution in [0.2, 0.25) is 0 Å². The predicted molar refractivity (Wildman–Crippen MR) is 81.5 cm³/mol. The Labute approximate surface area is 122 Å². The number of piperidine rings is 1. The predicted octanol–water partition coefficient (Wildman–Crippen LogP) is 1.95. The lowest BCUT2D eigenvalue weighted by molar-refractivity contribution is 0.222. The van der Waals surface area contributed by atoms with Gasteiger partial charge in [0.1, 0.15) is 0 Å². The summed E-state index contributed by atoms with van der Waals surface area (Å²) >= 11 is 0. The summed E-state index contributed by atoms with van der Waals surface area (Å²) in [6.45, 7) is 5.96. The van der Waals surface area contributed by atoms with Crippen molar-refractivity contribution < 1.29 is 8.42 Å². The maximum absolute atomic E-state index is 12.5. The maximum Gasteiger partial charge on any atom is 0.218 e. The summed E-state index contributed by atoms with van der Waals surface area (Å²) in [5, 5.41) is 0. The number of rotatable bonds is 4. The van der Waals surface area contributed by atoms with Crippen LogP contribution in [-0.2, 0) is 22.3 Å². The molecule has 0 aromatic heterocycles. The Morgan fingerprint density at radius 1 is 1.20 bits per heavy atom. The molecule has 0 radical (unpaired) electrons. The van der Waals surface area contributed by atoms with Crippen LogP contribution in [0.5, 0.6) is 0 Å². The monoisotopic (exact) mass is 296 g/mol. The maximum atomic E-state index is 12.5. The van der Waals surface area contributed by atoms with Gasteiger partial charge in [-0.15, -0.1) is 0 Å². The molecule has 1 saturated heterocycles. The van der Waals surface area contributed by atoms with Gasteiger partial charge in [0.25, 0.3) is 0 Å². The Morgan fingerprint density at radius 3 is 2.40 bits per heavy atom. The van der Waals surface area contributed by atoms with E-state index in [1.165, 1.54) is 0 Å². The van der Waals surface area contributed by atoms with E-state index in [-0.39, 0.29) is 5.75 Å². The highest BCUT2D eigenvalue weighted by Crippen LogP contribution is 2.24. The van der Waals surface area contributed by atoms with Gasteiger partial charge in [0.2, 0.25) is 10.0 Å². The highest BCUT2D eigenvalue weighted by Gasteiger charge is 2.30. The summed E-state index contributed by atoms with van der Waals surface area (Å²) in [5.74, 6) is 0.938. The lowest BCUT2D eigenvalue weighted by Crippen LogP contribution is -2.43. The van der Waals surface area contributed by atoms with E-state index in [1.54, 1.807) is 4.31 Å². The third-order valence-electron chi connectivity index (χ3n) is 3.80. The number of hydrogen-bond donors (Lipinski definition) is 1. The van der Waals surface area contributed by atoms with Gasteiger partial charge in [-0.2, -0.15) is 0 Å². The van der Waals surface area contributed by atoms with Gasteiger partial charge in [0.15, 0.2) is 0 Å². The molecule has 1 aliphatic rings. The Bertz CT molecular complexity index is 547. The molecular weight excluding hydrogens is 272 g/mol. The van der Waals surface area contributed by atoms with Crippen LogP contribution in [0.15, 0.2) is 24.3 Å². The normalized spacial score (nSPS) is 24.8. The number of nitrogens with two attached hydrogens (primary N) is 1. The molecule has 0 saturated carbocycles. The fourth-order valence-corrected chi connectivity index (χ4v) is 4.73. The summed E-state index contributed by atoms with van der Waals surface area (Å²) < 4.78 is 26.7. The zero-order valence-corrected chi connectivity index (χ0v) is 13.1. The van der Waals surface area contributed by atoms with Crippen LogP contribution in [0.25, 0.3) is 0 Å². The van der Waals surface area contributed by atoms with Crippen LogP contribution in [0.4, 0.5) is 0 Å². The zero-order chi connectivity index (χ0) is 14.8. The molecule has 0 spiro atoms. The minimum Gasteiger partial charge on any atom is -0.326 e. The fourth-order valence-electron chi connectivity index (χ4n) is 2.98. The first-order chi connectivity index (χ1) is 9.40. The standard InChI is InChI=1S/C15H24N2O2S/c1-12-6-13(2)10-17(9-12)20(18,19)11-15-5-3-4-14(7-15)8-16/h3-5,7,12-13H,6,8-11,16H2,1-2H3. The van der Waals surface area contributed by atoms with E-state index in [0.29, 0.717) is 31.5 Å². The summed E-state index contributed by atoms with van der Waals surface area (Å²) in [4.78, 5) is 0. The molecule has 1 fully saturated rings. The molecule has 0 bridgehead atoms. The highest BCUT2D eigenvalue weighted by atomic mass is 32.2. The van der Waals surface area contributed by atoms with Crippen LogP contribution >= 0.6 is 0 Å². The fraction of sp³-hybridized carbons (Fsp3) is 0.600. The second kappa shape index (κ2) is 6.24. The highest BCUT2D eigenvalue weighted by molar-refractivity contribution is 7.88. The van der Waals surface area contributed by atoms with Gasteiger partial charge in [-0.3, -0.25) is 0 Å². The summed E-state index contributed by atoms with van der Waals surface area (Å²) in [7, 11) is -3.23. The molecule has 1 aromatic rings. The van der Waals surface area contributed by atoms with Crippen molar-refractivity contribution in [3.8, 4) is 0 Å². The lowest BCUT2D eigenvalue weighted by Gasteiger charge is -2.34. The average Bonchev–Trinajstić information content (AvgIpc) is 2.37. The Balaban J connectivity index is 2.14. The first kappa shape index (κ1) is 15.5. The number of benzene rings is 1. The van der Waals surface area contributed by atoms with Gasteiger partial charge < -0.3 is 5.73 Å². The van der Waals surface area contributed by atoms with E-state index in [4.69, 9.17) is 5.73 Å². The van der Waals surface area contributed by atoms with Gasteiger partial charge >= 0.3 is 0 Å². The molecule has 1 aliphatic heterocycles. The molecule has 2 unspecified atom stereocenters. The van der Waals surface area contributed by atoms with Gasteiger partial charge in [0, 0.05) is 19.6 Å². The number of hydrogen-bond acceptors (Lipinski definition) is 3. The first-order valence-corrected chi connectivity index (χ1v) is 8.77. The van der Waals surface area contributed by atoms with E-state index in [1.807, 2.05) is 24.3 Å². The molecule has 1 heterocycles. The molecule has 2 rings (SSSR count). The van der Waals surface area contributed by atoms with Crippen molar-refractivity contribution in [2.45, 2.75) is 32.6 Å². The smallest absolute Gasteiger partial charge is 0.218 e. The van der Waals surface area contributed by atoms with Crippen LogP contribution < -0.4 is 5.73 Å². The largest absolute Gasteiger partial charge is 0.326 e. The zero-order valence-electron chi connectivity index (χ0n) is 12.2. The SMILES string of the molecule is CC1CC(C)CN(S(=O)(=O)Cc2cccc(CN)c2)C1. The van der Waals surface area contributed by atoms with Crippen LogP contribution in [0.1, 0.15) is 31.4 Å². The second-order valence-corrected chi connectivity index (χ2v) is 8.01. The summed E-state index contributed by atoms with van der Waals surface area (Å²) in [6.07, 6.45) is 1.11. The van der Waals surface area contributed by atoms with Crippen LogP contribution in [-0.4, -0.2) is 25.8 Å². The van der Waals surface area contributed by atoms with E-state index in [0.717, 1.165) is 17.5 Å². The third kappa shape index (κ3) is 3.81. The quantitative estimate of drug-likeness (QED) is 0.923. The van der Waals surface area contributed by atoms with Gasteiger partial charge in [-0.1, -0.05) is 38.1 Å². The minimum absolute atomic E-state index is 0.0697. The van der Waals surface area contributed by atoms with Crippen LogP contribution in [0.3, 0.4) is 0 Å². The molecule has 5 heteroatoms. The molecule has 4 nitrogen and oxygen atoms in total. The first-order valence-electron chi connectivity index (χ1n) is 7.16. The van der Waals surface area contributed by atoms with Crippen LogP contribution in [0, 0.1) is 11.8 Å². The van der Waals surface area contributed by atoms with Crippen molar-refractivity contribution in [3.63, 3.8) is 0 Å². The minimum atomic E-state index is -3.23. The topological polar surface area (TPSA) is 63.4 Å². The van der Waals surface area contributed by atoms with E-state index >= 15 is 0 Å². The molecule has 2 N–H and O–H groups in total. The molecule has 2 atom stereocenters. The van der Waals surface area contributed by atoms with Gasteiger partial charge in [-0.05, 0) is 29.4 Å². The molecule has 112 valence electrons. The van der Waals surface area contributed by atoms with Crippen molar-refractivity contribution >= 4 is 10.0 Å². The van der Waals surface area contributed by atoms with Crippen molar-refractivity contribution in [1.29, 1.82) is 0 Å². The molecule has 1 aromatic carbocycles. The second-order valence-electron chi connectivity index (χ2n) is 6.04. The van der Waals surface area contributed by atoms with Crippen molar-refractivity contribution in [2.24, 2.45) is 17.6 Å². The summed E-state index contributed by atoms with van der Waals surface area (Å²) in [6, 6.07) is 7.53. The van der Waals surface area contributed by atoms with Crippen molar-refractivity contribution in [3.05, 3.63) is 35.4 Å². The summed E-state index contributed by atoms with van der Waals surface area (Å²) in [5.41, 5.74) is 7.39. The van der Waals surface area contributed by atoms with E-state index < -0.39 is 10.0 Å². The Hall–Kier alpha value is -0.910. The van der Waals surface area contributed by atoms with Gasteiger partial charge in [-0.25, -0.2) is 12.7 Å². The van der Waals surface area contributed by atoms with E-state index in [9.17, 15) is 8.42 Å². The lowest BCUT2D eigenvalue weighted by atomic mass is 9.94. The molecule has 0 amide bonds.